The Kier molecular flexibility index (Phi) is 3.79. The number of hydrogen-bond donors (Lipinski definition) is 1. The van der Waals surface area contributed by atoms with Crippen LogP contribution in [0.5, 0.6) is 0 Å². The molecule has 1 unspecified atom stereocenters. The van der Waals surface area contributed by atoms with Crippen molar-refractivity contribution in [1.29, 1.82) is 0 Å². The third-order valence-corrected chi connectivity index (χ3v) is 4.39. The van der Waals surface area contributed by atoms with Crippen molar-refractivity contribution < 1.29 is 4.39 Å². The summed E-state index contributed by atoms with van der Waals surface area (Å²) in [5.41, 5.74) is 1.08. The van der Waals surface area contributed by atoms with Gasteiger partial charge in [-0.3, -0.25) is 4.68 Å². The minimum atomic E-state index is -0.106. The Labute approximate surface area is 115 Å². The van der Waals surface area contributed by atoms with E-state index in [0.717, 1.165) is 35.7 Å². The Hall–Kier alpha value is -1.40. The maximum atomic E-state index is 13.7. The molecule has 0 saturated carbocycles. The first-order valence-electron chi connectivity index (χ1n) is 6.33. The Morgan fingerprint density at radius 3 is 3.26 bits per heavy atom. The van der Waals surface area contributed by atoms with Crippen LogP contribution < -0.4 is 5.32 Å². The predicted octanol–water partition coefficient (Wildman–Crippen LogP) is 2.24. The van der Waals surface area contributed by atoms with Crippen LogP contribution in [-0.4, -0.2) is 27.3 Å². The van der Waals surface area contributed by atoms with E-state index >= 15 is 0 Å². The summed E-state index contributed by atoms with van der Waals surface area (Å²) < 4.78 is 15.5. The molecule has 0 fully saturated rings. The number of fused-ring (bicyclic) bond motifs is 1. The largest absolute Gasteiger partial charge is 0.308 e. The number of rotatable bonds is 4. The molecule has 3 rings (SSSR count). The number of nitrogens with one attached hydrogen (secondary N) is 1. The number of benzene rings is 1. The molecule has 0 amide bonds. The zero-order chi connectivity index (χ0) is 13.1. The van der Waals surface area contributed by atoms with Crippen molar-refractivity contribution in [3.8, 4) is 0 Å². The molecule has 4 nitrogen and oxygen atoms in total. The smallest absolute Gasteiger partial charge is 0.137 e. The second kappa shape index (κ2) is 5.71. The molecule has 1 aromatic heterocycles. The second-order valence-electron chi connectivity index (χ2n) is 4.47. The van der Waals surface area contributed by atoms with Gasteiger partial charge >= 0.3 is 0 Å². The van der Waals surface area contributed by atoms with E-state index in [0.29, 0.717) is 0 Å². The van der Waals surface area contributed by atoms with Crippen LogP contribution in [0.25, 0.3) is 0 Å². The van der Waals surface area contributed by atoms with Gasteiger partial charge in [0.2, 0.25) is 0 Å². The zero-order valence-electron chi connectivity index (χ0n) is 10.4. The van der Waals surface area contributed by atoms with Crippen LogP contribution >= 0.6 is 11.8 Å². The van der Waals surface area contributed by atoms with Gasteiger partial charge in [-0.1, -0.05) is 17.3 Å². The van der Waals surface area contributed by atoms with Gasteiger partial charge in [0.1, 0.15) is 5.82 Å². The lowest BCUT2D eigenvalue weighted by molar-refractivity contribution is 0.460. The van der Waals surface area contributed by atoms with Crippen molar-refractivity contribution in [3.05, 3.63) is 42.0 Å². The molecular weight excluding hydrogens is 263 g/mol. The van der Waals surface area contributed by atoms with Crippen molar-refractivity contribution >= 4 is 11.8 Å². The fraction of sp³-hybridized carbons (Fsp3) is 0.385. The normalized spacial score (nSPS) is 18.3. The van der Waals surface area contributed by atoms with E-state index in [1.54, 1.807) is 28.7 Å². The van der Waals surface area contributed by atoms with E-state index in [1.165, 1.54) is 6.07 Å². The maximum absolute atomic E-state index is 13.7. The molecular formula is C13H15FN4S. The highest BCUT2D eigenvalue weighted by Crippen LogP contribution is 2.37. The molecule has 1 aliphatic rings. The fourth-order valence-electron chi connectivity index (χ4n) is 2.30. The Morgan fingerprint density at radius 1 is 1.47 bits per heavy atom. The predicted molar refractivity (Wildman–Crippen MR) is 72.5 cm³/mol. The SMILES string of the molecule is Fc1cccc2c1SCCC2NCCn1ccnn1. The minimum absolute atomic E-state index is 0.106. The number of halogens is 1. The molecule has 1 atom stereocenters. The first-order valence-corrected chi connectivity index (χ1v) is 7.32. The number of nitrogens with zero attached hydrogens (tertiary/aromatic N) is 3. The topological polar surface area (TPSA) is 42.7 Å². The Morgan fingerprint density at radius 2 is 2.42 bits per heavy atom. The third kappa shape index (κ3) is 2.79. The van der Waals surface area contributed by atoms with Crippen LogP contribution in [0.15, 0.2) is 35.5 Å². The van der Waals surface area contributed by atoms with Crippen molar-refractivity contribution in [2.45, 2.75) is 23.9 Å². The van der Waals surface area contributed by atoms with Crippen LogP contribution in [0.2, 0.25) is 0 Å². The lowest BCUT2D eigenvalue weighted by Gasteiger charge is -2.26. The summed E-state index contributed by atoms with van der Waals surface area (Å²) in [6.07, 6.45) is 4.53. The van der Waals surface area contributed by atoms with E-state index in [9.17, 15) is 4.39 Å². The molecule has 0 saturated heterocycles. The van der Waals surface area contributed by atoms with Gasteiger partial charge in [0, 0.05) is 23.7 Å². The maximum Gasteiger partial charge on any atom is 0.137 e. The first kappa shape index (κ1) is 12.6. The molecule has 6 heteroatoms. The highest BCUT2D eigenvalue weighted by Gasteiger charge is 2.22. The van der Waals surface area contributed by atoms with Crippen LogP contribution in [0.3, 0.4) is 0 Å². The molecule has 19 heavy (non-hydrogen) atoms. The van der Waals surface area contributed by atoms with E-state index in [4.69, 9.17) is 0 Å². The minimum Gasteiger partial charge on any atom is -0.308 e. The lowest BCUT2D eigenvalue weighted by atomic mass is 10.0. The summed E-state index contributed by atoms with van der Waals surface area (Å²) in [6, 6.07) is 5.56. The van der Waals surface area contributed by atoms with Crippen LogP contribution in [0.1, 0.15) is 18.0 Å². The van der Waals surface area contributed by atoms with Gasteiger partial charge in [0.15, 0.2) is 0 Å². The first-order chi connectivity index (χ1) is 9.34. The van der Waals surface area contributed by atoms with Crippen molar-refractivity contribution in [3.63, 3.8) is 0 Å². The summed E-state index contributed by atoms with van der Waals surface area (Å²) in [7, 11) is 0. The zero-order valence-corrected chi connectivity index (χ0v) is 11.2. The van der Waals surface area contributed by atoms with Crippen LogP contribution in [-0.2, 0) is 6.54 Å². The summed E-state index contributed by atoms with van der Waals surface area (Å²) in [5, 5.41) is 11.2. The number of aromatic nitrogens is 3. The summed E-state index contributed by atoms with van der Waals surface area (Å²) >= 11 is 1.61. The quantitative estimate of drug-likeness (QED) is 0.931. The average molecular weight is 278 g/mol. The molecule has 0 radical (unpaired) electrons. The van der Waals surface area contributed by atoms with E-state index in [-0.39, 0.29) is 11.9 Å². The standard InChI is InChI=1S/C13H15FN4S/c14-11-3-1-2-10-12(4-9-19-13(10)11)15-5-7-18-8-6-16-17-18/h1-3,6,8,12,15H,4-5,7,9H2. The van der Waals surface area contributed by atoms with Crippen molar-refractivity contribution in [2.75, 3.05) is 12.3 Å². The van der Waals surface area contributed by atoms with Gasteiger partial charge in [-0.05, 0) is 23.8 Å². The summed E-state index contributed by atoms with van der Waals surface area (Å²) in [5.74, 6) is 0.847. The molecule has 100 valence electrons. The third-order valence-electron chi connectivity index (χ3n) is 3.23. The number of hydrogen-bond acceptors (Lipinski definition) is 4. The molecule has 2 heterocycles. The summed E-state index contributed by atoms with van der Waals surface area (Å²) in [6.45, 7) is 1.57. The van der Waals surface area contributed by atoms with Gasteiger partial charge in [0.05, 0.1) is 12.7 Å². The molecule has 1 N–H and O–H groups in total. The van der Waals surface area contributed by atoms with Gasteiger partial charge in [0.25, 0.3) is 0 Å². The molecule has 0 spiro atoms. The van der Waals surface area contributed by atoms with Gasteiger partial charge in [-0.2, -0.15) is 0 Å². The van der Waals surface area contributed by atoms with Crippen molar-refractivity contribution in [2.24, 2.45) is 0 Å². The monoisotopic (exact) mass is 278 g/mol. The van der Waals surface area contributed by atoms with Gasteiger partial charge in [-0.15, -0.1) is 16.9 Å². The molecule has 1 aromatic carbocycles. The van der Waals surface area contributed by atoms with Gasteiger partial charge in [-0.25, -0.2) is 4.39 Å². The average Bonchev–Trinajstić information content (AvgIpc) is 2.93. The highest BCUT2D eigenvalue weighted by molar-refractivity contribution is 7.99. The second-order valence-corrected chi connectivity index (χ2v) is 5.57. The molecule has 1 aliphatic heterocycles. The van der Waals surface area contributed by atoms with E-state index < -0.39 is 0 Å². The highest BCUT2D eigenvalue weighted by atomic mass is 32.2. The molecule has 0 bridgehead atoms. The van der Waals surface area contributed by atoms with Crippen molar-refractivity contribution in [1.82, 2.24) is 20.3 Å². The number of thioether (sulfide) groups is 1. The van der Waals surface area contributed by atoms with E-state index in [1.807, 2.05) is 12.3 Å². The Bertz CT molecular complexity index is 544. The molecule has 2 aromatic rings. The Balaban J connectivity index is 1.65. The molecule has 0 aliphatic carbocycles. The van der Waals surface area contributed by atoms with Crippen LogP contribution in [0.4, 0.5) is 4.39 Å². The fourth-order valence-corrected chi connectivity index (χ4v) is 3.44. The van der Waals surface area contributed by atoms with Crippen LogP contribution in [0, 0.1) is 5.82 Å². The van der Waals surface area contributed by atoms with Gasteiger partial charge < -0.3 is 5.32 Å². The lowest BCUT2D eigenvalue weighted by Crippen LogP contribution is -2.28. The summed E-state index contributed by atoms with van der Waals surface area (Å²) in [4.78, 5) is 0.798. The van der Waals surface area contributed by atoms with E-state index in [2.05, 4.69) is 15.6 Å².